The summed E-state index contributed by atoms with van der Waals surface area (Å²) in [5, 5.41) is 2.96. The van der Waals surface area contributed by atoms with Crippen LogP contribution in [-0.4, -0.2) is 42.0 Å². The van der Waals surface area contributed by atoms with Crippen molar-refractivity contribution in [3.63, 3.8) is 0 Å². The van der Waals surface area contributed by atoms with E-state index in [2.05, 4.69) is 10.3 Å². The SMILES string of the molecule is CNC(COCC(F)(F)F)Cc1nc2ccccc2n1C. The lowest BCUT2D eigenvalue weighted by Gasteiger charge is -2.17. The quantitative estimate of drug-likeness (QED) is 0.890. The van der Waals surface area contributed by atoms with E-state index in [9.17, 15) is 13.2 Å². The van der Waals surface area contributed by atoms with E-state index < -0.39 is 12.8 Å². The van der Waals surface area contributed by atoms with Gasteiger partial charge in [-0.05, 0) is 19.2 Å². The second-order valence-electron chi connectivity index (χ2n) is 4.90. The molecule has 1 aromatic heterocycles. The molecule has 0 saturated heterocycles. The van der Waals surface area contributed by atoms with Gasteiger partial charge in [-0.2, -0.15) is 13.2 Å². The zero-order valence-corrected chi connectivity index (χ0v) is 11.9. The number of hydrogen-bond acceptors (Lipinski definition) is 3. The van der Waals surface area contributed by atoms with Gasteiger partial charge in [0.15, 0.2) is 0 Å². The molecule has 2 rings (SSSR count). The third-order valence-corrected chi connectivity index (χ3v) is 3.30. The number of likely N-dealkylation sites (N-methyl/N-ethyl adjacent to an activating group) is 1. The van der Waals surface area contributed by atoms with Crippen molar-refractivity contribution in [3.05, 3.63) is 30.1 Å². The Kier molecular flexibility index (Phi) is 4.84. The first kappa shape index (κ1) is 15.8. The van der Waals surface area contributed by atoms with Crippen LogP contribution in [-0.2, 0) is 18.2 Å². The van der Waals surface area contributed by atoms with Gasteiger partial charge in [0.05, 0.1) is 17.6 Å². The molecular formula is C14H18F3N3O. The predicted octanol–water partition coefficient (Wildman–Crippen LogP) is 2.28. The first-order chi connectivity index (χ1) is 9.90. The monoisotopic (exact) mass is 301 g/mol. The Bertz CT molecular complexity index is 595. The summed E-state index contributed by atoms with van der Waals surface area (Å²) in [4.78, 5) is 4.50. The molecule has 116 valence electrons. The molecule has 0 aliphatic carbocycles. The molecule has 0 saturated carbocycles. The number of nitrogens with zero attached hydrogens (tertiary/aromatic N) is 2. The summed E-state index contributed by atoms with van der Waals surface area (Å²) < 4.78 is 42.9. The fourth-order valence-electron chi connectivity index (χ4n) is 2.16. The lowest BCUT2D eigenvalue weighted by atomic mass is 10.2. The fraction of sp³-hybridized carbons (Fsp3) is 0.500. The predicted molar refractivity (Wildman–Crippen MR) is 74.1 cm³/mol. The molecule has 1 atom stereocenters. The Hall–Kier alpha value is -1.60. The van der Waals surface area contributed by atoms with Gasteiger partial charge in [0.25, 0.3) is 0 Å². The number of hydrogen-bond donors (Lipinski definition) is 1. The Labute approximate surface area is 120 Å². The van der Waals surface area contributed by atoms with Gasteiger partial charge in [0, 0.05) is 19.5 Å². The summed E-state index contributed by atoms with van der Waals surface area (Å²) in [5.41, 5.74) is 1.87. The van der Waals surface area contributed by atoms with Gasteiger partial charge in [-0.15, -0.1) is 0 Å². The molecule has 2 aromatic rings. The molecule has 0 spiro atoms. The van der Waals surface area contributed by atoms with Crippen LogP contribution >= 0.6 is 0 Å². The fourth-order valence-corrected chi connectivity index (χ4v) is 2.16. The lowest BCUT2D eigenvalue weighted by Crippen LogP contribution is -2.34. The number of ether oxygens (including phenoxy) is 1. The molecule has 0 aliphatic rings. The van der Waals surface area contributed by atoms with Crippen LogP contribution in [0.1, 0.15) is 5.82 Å². The van der Waals surface area contributed by atoms with Crippen LogP contribution in [0.4, 0.5) is 13.2 Å². The van der Waals surface area contributed by atoms with Gasteiger partial charge in [-0.1, -0.05) is 12.1 Å². The van der Waals surface area contributed by atoms with Crippen molar-refractivity contribution in [3.8, 4) is 0 Å². The summed E-state index contributed by atoms with van der Waals surface area (Å²) >= 11 is 0. The zero-order valence-electron chi connectivity index (χ0n) is 11.9. The third kappa shape index (κ3) is 4.18. The van der Waals surface area contributed by atoms with Crippen LogP contribution in [0.5, 0.6) is 0 Å². The van der Waals surface area contributed by atoms with Gasteiger partial charge in [-0.3, -0.25) is 0 Å². The molecule has 0 radical (unpaired) electrons. The van der Waals surface area contributed by atoms with Gasteiger partial charge in [0.1, 0.15) is 12.4 Å². The van der Waals surface area contributed by atoms with E-state index >= 15 is 0 Å². The summed E-state index contributed by atoms with van der Waals surface area (Å²) in [6.07, 6.45) is -3.80. The number of fused-ring (bicyclic) bond motifs is 1. The number of para-hydroxylation sites is 2. The first-order valence-corrected chi connectivity index (χ1v) is 6.63. The van der Waals surface area contributed by atoms with Crippen LogP contribution in [0.15, 0.2) is 24.3 Å². The second kappa shape index (κ2) is 6.44. The second-order valence-corrected chi connectivity index (χ2v) is 4.90. The maximum absolute atomic E-state index is 12.1. The van der Waals surface area contributed by atoms with Crippen LogP contribution < -0.4 is 5.32 Å². The number of nitrogens with one attached hydrogen (secondary N) is 1. The molecule has 0 bridgehead atoms. The maximum Gasteiger partial charge on any atom is 0.411 e. The largest absolute Gasteiger partial charge is 0.411 e. The average Bonchev–Trinajstić information content (AvgIpc) is 2.73. The molecule has 0 fully saturated rings. The van der Waals surface area contributed by atoms with Crippen molar-refractivity contribution in [1.82, 2.24) is 14.9 Å². The van der Waals surface area contributed by atoms with E-state index in [1.165, 1.54) is 0 Å². The van der Waals surface area contributed by atoms with Crippen molar-refractivity contribution in [1.29, 1.82) is 0 Å². The Morgan fingerprint density at radius 1 is 1.33 bits per heavy atom. The van der Waals surface area contributed by atoms with Crippen molar-refractivity contribution in [2.75, 3.05) is 20.3 Å². The number of alkyl halides is 3. The molecule has 21 heavy (non-hydrogen) atoms. The van der Waals surface area contributed by atoms with Crippen LogP contribution in [0.25, 0.3) is 11.0 Å². The van der Waals surface area contributed by atoms with E-state index in [4.69, 9.17) is 4.74 Å². The number of rotatable bonds is 6. The average molecular weight is 301 g/mol. The molecule has 7 heteroatoms. The minimum Gasteiger partial charge on any atom is -0.370 e. The summed E-state index contributed by atoms with van der Waals surface area (Å²) in [6.45, 7) is -1.24. The zero-order chi connectivity index (χ0) is 15.5. The van der Waals surface area contributed by atoms with Crippen molar-refractivity contribution < 1.29 is 17.9 Å². The lowest BCUT2D eigenvalue weighted by molar-refractivity contribution is -0.175. The molecular weight excluding hydrogens is 283 g/mol. The number of halogens is 3. The van der Waals surface area contributed by atoms with Crippen LogP contribution in [0.2, 0.25) is 0 Å². The van der Waals surface area contributed by atoms with Gasteiger partial charge >= 0.3 is 6.18 Å². The topological polar surface area (TPSA) is 39.1 Å². The highest BCUT2D eigenvalue weighted by molar-refractivity contribution is 5.75. The number of aryl methyl sites for hydroxylation is 1. The highest BCUT2D eigenvalue weighted by Crippen LogP contribution is 2.17. The van der Waals surface area contributed by atoms with Crippen LogP contribution in [0, 0.1) is 0 Å². The highest BCUT2D eigenvalue weighted by Gasteiger charge is 2.28. The molecule has 1 unspecified atom stereocenters. The summed E-state index contributed by atoms with van der Waals surface area (Å²) in [6, 6.07) is 7.48. The molecule has 1 aromatic carbocycles. The minimum absolute atomic E-state index is 0.0147. The number of imidazole rings is 1. The molecule has 0 aliphatic heterocycles. The van der Waals surface area contributed by atoms with Crippen molar-refractivity contribution in [2.45, 2.75) is 18.6 Å². The van der Waals surface area contributed by atoms with Gasteiger partial charge in [0.2, 0.25) is 0 Å². The van der Waals surface area contributed by atoms with E-state index in [1.54, 1.807) is 7.05 Å². The standard InChI is InChI=1S/C14H18F3N3O/c1-18-10(8-21-9-14(15,16)17)7-13-19-11-5-3-4-6-12(11)20(13)2/h3-6,10,18H,7-9H2,1-2H3. The van der Waals surface area contributed by atoms with E-state index in [1.807, 2.05) is 35.9 Å². The molecule has 0 amide bonds. The Balaban J connectivity index is 2.01. The van der Waals surface area contributed by atoms with E-state index in [-0.39, 0.29) is 12.6 Å². The molecule has 4 nitrogen and oxygen atoms in total. The molecule has 1 heterocycles. The first-order valence-electron chi connectivity index (χ1n) is 6.63. The third-order valence-electron chi connectivity index (χ3n) is 3.30. The summed E-state index contributed by atoms with van der Waals surface area (Å²) in [7, 11) is 3.60. The van der Waals surface area contributed by atoms with Crippen molar-refractivity contribution in [2.24, 2.45) is 7.05 Å². The number of benzene rings is 1. The van der Waals surface area contributed by atoms with E-state index in [0.717, 1.165) is 16.9 Å². The smallest absolute Gasteiger partial charge is 0.370 e. The van der Waals surface area contributed by atoms with Crippen LogP contribution in [0.3, 0.4) is 0 Å². The summed E-state index contributed by atoms with van der Waals surface area (Å²) in [5.74, 6) is 0.811. The van der Waals surface area contributed by atoms with Gasteiger partial charge < -0.3 is 14.6 Å². The highest BCUT2D eigenvalue weighted by atomic mass is 19.4. The van der Waals surface area contributed by atoms with Gasteiger partial charge in [-0.25, -0.2) is 4.98 Å². The van der Waals surface area contributed by atoms with E-state index in [0.29, 0.717) is 6.42 Å². The number of aromatic nitrogens is 2. The maximum atomic E-state index is 12.1. The Morgan fingerprint density at radius 2 is 2.05 bits per heavy atom. The molecule has 1 N–H and O–H groups in total. The Morgan fingerprint density at radius 3 is 2.67 bits per heavy atom. The normalized spacial score (nSPS) is 13.8. The van der Waals surface area contributed by atoms with Crippen molar-refractivity contribution >= 4 is 11.0 Å². The minimum atomic E-state index is -4.30.